The molecule has 1 aromatic carbocycles. The highest BCUT2D eigenvalue weighted by atomic mass is 79.9. The Hall–Kier alpha value is -0.900. The summed E-state index contributed by atoms with van der Waals surface area (Å²) in [5.74, 6) is -1.53. The van der Waals surface area contributed by atoms with E-state index in [0.717, 1.165) is 5.56 Å². The van der Waals surface area contributed by atoms with Gasteiger partial charge in [-0.1, -0.05) is 35.8 Å². The summed E-state index contributed by atoms with van der Waals surface area (Å²) in [4.78, 5) is 11.0. The Balaban J connectivity index is 2.90. The topological polar surface area (TPSA) is 37.3 Å². The number of aliphatic carboxylic acids is 1. The van der Waals surface area contributed by atoms with Crippen LogP contribution in [0.4, 0.5) is 4.39 Å². The van der Waals surface area contributed by atoms with Crippen LogP contribution < -0.4 is 0 Å². The van der Waals surface area contributed by atoms with Crippen molar-refractivity contribution in [3.05, 3.63) is 34.1 Å². The molecule has 0 amide bonds. The maximum Gasteiger partial charge on any atom is 0.307 e. The second-order valence-electron chi connectivity index (χ2n) is 4.13. The van der Waals surface area contributed by atoms with Crippen molar-refractivity contribution >= 4 is 21.9 Å². The van der Waals surface area contributed by atoms with E-state index in [2.05, 4.69) is 15.9 Å². The molecule has 0 aromatic heterocycles. The first-order valence-electron chi connectivity index (χ1n) is 5.08. The van der Waals surface area contributed by atoms with Gasteiger partial charge >= 0.3 is 5.97 Å². The molecule has 0 saturated heterocycles. The molecule has 1 aromatic rings. The molecule has 1 N–H and O–H groups in total. The second-order valence-corrected chi connectivity index (χ2v) is 4.98. The van der Waals surface area contributed by atoms with Crippen molar-refractivity contribution < 1.29 is 14.3 Å². The Labute approximate surface area is 103 Å². The van der Waals surface area contributed by atoms with Gasteiger partial charge in [-0.3, -0.25) is 4.79 Å². The van der Waals surface area contributed by atoms with Crippen LogP contribution in [-0.2, 0) is 11.2 Å². The molecular formula is C12H14BrFO2. The van der Waals surface area contributed by atoms with Gasteiger partial charge in [-0.25, -0.2) is 4.39 Å². The Morgan fingerprint density at radius 3 is 2.56 bits per heavy atom. The van der Waals surface area contributed by atoms with Crippen LogP contribution in [-0.4, -0.2) is 11.1 Å². The molecule has 2 nitrogen and oxygen atoms in total. The molecule has 0 radical (unpaired) electrons. The molecule has 16 heavy (non-hydrogen) atoms. The summed E-state index contributed by atoms with van der Waals surface area (Å²) in [6.07, 6.45) is 0.411. The molecule has 0 spiro atoms. The highest BCUT2D eigenvalue weighted by molar-refractivity contribution is 9.10. The van der Waals surface area contributed by atoms with E-state index in [1.165, 1.54) is 12.1 Å². The first-order chi connectivity index (χ1) is 7.41. The van der Waals surface area contributed by atoms with E-state index in [1.807, 2.05) is 13.8 Å². The quantitative estimate of drug-likeness (QED) is 0.921. The predicted octanol–water partition coefficient (Wildman–Crippen LogP) is 3.49. The highest BCUT2D eigenvalue weighted by Gasteiger charge is 2.22. The number of carboxylic acid groups (broad SMARTS) is 1. The number of hydrogen-bond donors (Lipinski definition) is 1. The molecule has 1 unspecified atom stereocenters. The summed E-state index contributed by atoms with van der Waals surface area (Å²) in [6, 6.07) is 4.33. The van der Waals surface area contributed by atoms with Gasteiger partial charge in [0.15, 0.2) is 0 Å². The first kappa shape index (κ1) is 13.2. The smallest absolute Gasteiger partial charge is 0.307 e. The Morgan fingerprint density at radius 1 is 1.50 bits per heavy atom. The SMILES string of the molecule is CC(C)C(Cc1ccc(F)cc1Br)C(=O)O. The predicted molar refractivity (Wildman–Crippen MR) is 63.8 cm³/mol. The van der Waals surface area contributed by atoms with E-state index in [1.54, 1.807) is 6.07 Å². The van der Waals surface area contributed by atoms with Crippen molar-refractivity contribution in [2.75, 3.05) is 0 Å². The van der Waals surface area contributed by atoms with Crippen molar-refractivity contribution in [1.29, 1.82) is 0 Å². The third kappa shape index (κ3) is 3.30. The monoisotopic (exact) mass is 288 g/mol. The molecule has 1 atom stereocenters. The summed E-state index contributed by atoms with van der Waals surface area (Å²) in [6.45, 7) is 3.74. The van der Waals surface area contributed by atoms with Gasteiger partial charge in [-0.15, -0.1) is 0 Å². The molecule has 0 bridgehead atoms. The van der Waals surface area contributed by atoms with Gasteiger partial charge in [0.25, 0.3) is 0 Å². The van der Waals surface area contributed by atoms with E-state index in [9.17, 15) is 9.18 Å². The van der Waals surface area contributed by atoms with E-state index >= 15 is 0 Å². The van der Waals surface area contributed by atoms with Crippen LogP contribution >= 0.6 is 15.9 Å². The molecule has 88 valence electrons. The van der Waals surface area contributed by atoms with Gasteiger partial charge in [0.05, 0.1) is 5.92 Å². The molecule has 4 heteroatoms. The number of carbonyl (C=O) groups is 1. The second kappa shape index (κ2) is 5.43. The number of carboxylic acids is 1. The molecule has 0 aliphatic heterocycles. The minimum absolute atomic E-state index is 0.0504. The average Bonchev–Trinajstić information content (AvgIpc) is 2.15. The largest absolute Gasteiger partial charge is 0.481 e. The van der Waals surface area contributed by atoms with Gasteiger partial charge in [-0.05, 0) is 30.0 Å². The molecule has 0 heterocycles. The standard InChI is InChI=1S/C12H14BrFO2/c1-7(2)10(12(15)16)5-8-3-4-9(14)6-11(8)13/h3-4,6-7,10H,5H2,1-2H3,(H,15,16). The highest BCUT2D eigenvalue weighted by Crippen LogP contribution is 2.24. The molecule has 0 aliphatic rings. The normalized spacial score (nSPS) is 12.8. The van der Waals surface area contributed by atoms with Gasteiger partial charge < -0.3 is 5.11 Å². The van der Waals surface area contributed by atoms with E-state index in [0.29, 0.717) is 10.9 Å². The van der Waals surface area contributed by atoms with Crippen LogP contribution in [0.1, 0.15) is 19.4 Å². The third-order valence-corrected chi connectivity index (χ3v) is 3.32. The zero-order valence-electron chi connectivity index (χ0n) is 9.21. The fraction of sp³-hybridized carbons (Fsp3) is 0.417. The van der Waals surface area contributed by atoms with Crippen LogP contribution in [0.2, 0.25) is 0 Å². The fourth-order valence-electron chi connectivity index (χ4n) is 1.53. The Bertz CT molecular complexity index is 391. The lowest BCUT2D eigenvalue weighted by Gasteiger charge is -2.16. The lowest BCUT2D eigenvalue weighted by atomic mass is 9.89. The van der Waals surface area contributed by atoms with Crippen molar-refractivity contribution in [2.45, 2.75) is 20.3 Å². The van der Waals surface area contributed by atoms with Crippen molar-refractivity contribution in [3.63, 3.8) is 0 Å². The minimum atomic E-state index is -0.814. The van der Waals surface area contributed by atoms with Gasteiger partial charge in [0.2, 0.25) is 0 Å². The lowest BCUT2D eigenvalue weighted by Crippen LogP contribution is -2.22. The molecule has 0 fully saturated rings. The number of benzene rings is 1. The van der Waals surface area contributed by atoms with E-state index in [-0.39, 0.29) is 11.7 Å². The summed E-state index contributed by atoms with van der Waals surface area (Å²) >= 11 is 3.24. The van der Waals surface area contributed by atoms with E-state index in [4.69, 9.17) is 5.11 Å². The molecule has 1 rings (SSSR count). The average molecular weight is 289 g/mol. The van der Waals surface area contributed by atoms with Crippen LogP contribution in [0.15, 0.2) is 22.7 Å². The Morgan fingerprint density at radius 2 is 2.12 bits per heavy atom. The van der Waals surface area contributed by atoms with Gasteiger partial charge in [0, 0.05) is 4.47 Å². The minimum Gasteiger partial charge on any atom is -0.481 e. The van der Waals surface area contributed by atoms with Crippen molar-refractivity contribution in [1.82, 2.24) is 0 Å². The number of rotatable bonds is 4. The summed E-state index contributed by atoms with van der Waals surface area (Å²) in [7, 11) is 0. The third-order valence-electron chi connectivity index (χ3n) is 2.58. The first-order valence-corrected chi connectivity index (χ1v) is 5.88. The summed E-state index contributed by atoms with van der Waals surface area (Å²) in [5.41, 5.74) is 0.822. The Kier molecular flexibility index (Phi) is 4.47. The van der Waals surface area contributed by atoms with Crippen molar-refractivity contribution in [3.8, 4) is 0 Å². The van der Waals surface area contributed by atoms with E-state index < -0.39 is 11.9 Å². The lowest BCUT2D eigenvalue weighted by molar-refractivity contribution is -0.143. The molecule has 0 saturated carbocycles. The van der Waals surface area contributed by atoms with Gasteiger partial charge in [0.1, 0.15) is 5.82 Å². The number of hydrogen-bond acceptors (Lipinski definition) is 1. The van der Waals surface area contributed by atoms with Crippen molar-refractivity contribution in [2.24, 2.45) is 11.8 Å². The number of halogens is 2. The fourth-order valence-corrected chi connectivity index (χ4v) is 2.05. The molecular weight excluding hydrogens is 275 g/mol. The van der Waals surface area contributed by atoms with Crippen LogP contribution in [0.5, 0.6) is 0 Å². The van der Waals surface area contributed by atoms with Gasteiger partial charge in [-0.2, -0.15) is 0 Å². The summed E-state index contributed by atoms with van der Waals surface area (Å²) < 4.78 is 13.5. The maximum atomic E-state index is 12.9. The zero-order valence-corrected chi connectivity index (χ0v) is 10.8. The van der Waals surface area contributed by atoms with Crippen LogP contribution in [0.25, 0.3) is 0 Å². The summed E-state index contributed by atoms with van der Waals surface area (Å²) in [5, 5.41) is 9.06. The van der Waals surface area contributed by atoms with Crippen LogP contribution in [0.3, 0.4) is 0 Å². The van der Waals surface area contributed by atoms with Crippen LogP contribution in [0, 0.1) is 17.7 Å². The zero-order chi connectivity index (χ0) is 12.3. The molecule has 0 aliphatic carbocycles. The maximum absolute atomic E-state index is 12.9.